The molecule has 0 aliphatic rings. The molecule has 118 valence electrons. The van der Waals surface area contributed by atoms with Crippen molar-refractivity contribution < 1.29 is 9.84 Å². The first kappa shape index (κ1) is 15.4. The topological polar surface area (TPSA) is 55.2 Å². The fraction of sp³-hybridized carbons (Fsp3) is 0. The fourth-order valence-electron chi connectivity index (χ4n) is 2.41. The third kappa shape index (κ3) is 2.72. The molecule has 24 heavy (non-hydrogen) atoms. The van der Waals surface area contributed by atoms with Crippen LogP contribution in [0.4, 0.5) is 0 Å². The van der Waals surface area contributed by atoms with Crippen LogP contribution < -0.4 is 4.74 Å². The van der Waals surface area contributed by atoms with Gasteiger partial charge in [-0.25, -0.2) is 9.97 Å². The Morgan fingerprint density at radius 2 is 1.50 bits per heavy atom. The van der Waals surface area contributed by atoms with Gasteiger partial charge in [-0.15, -0.1) is 0 Å². The van der Waals surface area contributed by atoms with E-state index in [1.54, 1.807) is 6.07 Å². The largest absolute Gasteiger partial charge is 0.504 e. The zero-order valence-corrected chi connectivity index (χ0v) is 15.4. The van der Waals surface area contributed by atoms with Gasteiger partial charge in [-0.1, -0.05) is 18.2 Å². The molecule has 0 saturated carbocycles. The number of para-hydroxylation sites is 1. The highest BCUT2D eigenvalue weighted by Gasteiger charge is 2.13. The minimum Gasteiger partial charge on any atom is -0.504 e. The SMILES string of the molecule is Oc1c(Br)cc(Br)c2nc3cc(Oc4ccccc4)ccc3nc12. The number of rotatable bonds is 2. The molecule has 0 fully saturated rings. The van der Waals surface area contributed by atoms with E-state index in [1.165, 1.54) is 0 Å². The molecule has 0 amide bonds. The van der Waals surface area contributed by atoms with Crippen molar-refractivity contribution in [3.8, 4) is 17.2 Å². The monoisotopic (exact) mass is 444 g/mol. The number of benzene rings is 3. The summed E-state index contributed by atoms with van der Waals surface area (Å²) in [5, 5.41) is 10.2. The standard InChI is InChI=1S/C18H10Br2N2O2/c19-12-9-13(20)18(23)17-16(12)22-15-8-11(6-7-14(15)21-17)24-10-4-2-1-3-5-10/h1-9,23H. The fourth-order valence-corrected chi connectivity index (χ4v) is 3.64. The van der Waals surface area contributed by atoms with E-state index in [9.17, 15) is 5.11 Å². The molecule has 0 saturated heterocycles. The van der Waals surface area contributed by atoms with Crippen molar-refractivity contribution in [3.63, 3.8) is 0 Å². The van der Waals surface area contributed by atoms with E-state index in [2.05, 4.69) is 41.8 Å². The van der Waals surface area contributed by atoms with Gasteiger partial charge in [0.1, 0.15) is 22.5 Å². The molecular formula is C18H10Br2N2O2. The number of phenols is 1. The van der Waals surface area contributed by atoms with E-state index in [0.29, 0.717) is 32.3 Å². The second kappa shape index (κ2) is 6.03. The van der Waals surface area contributed by atoms with E-state index in [0.717, 1.165) is 10.2 Å². The predicted molar refractivity (Wildman–Crippen MR) is 101 cm³/mol. The Bertz CT molecular complexity index is 1070. The highest BCUT2D eigenvalue weighted by molar-refractivity contribution is 9.11. The highest BCUT2D eigenvalue weighted by atomic mass is 79.9. The highest BCUT2D eigenvalue weighted by Crippen LogP contribution is 2.37. The lowest BCUT2D eigenvalue weighted by atomic mass is 10.2. The summed E-state index contributed by atoms with van der Waals surface area (Å²) in [7, 11) is 0. The van der Waals surface area contributed by atoms with Crippen molar-refractivity contribution in [1.29, 1.82) is 0 Å². The molecule has 4 nitrogen and oxygen atoms in total. The normalized spacial score (nSPS) is 11.1. The molecule has 0 aliphatic heterocycles. The summed E-state index contributed by atoms with van der Waals surface area (Å²) in [6.45, 7) is 0. The third-order valence-electron chi connectivity index (χ3n) is 3.54. The van der Waals surface area contributed by atoms with Crippen molar-refractivity contribution in [1.82, 2.24) is 9.97 Å². The second-order valence-electron chi connectivity index (χ2n) is 5.18. The zero-order valence-electron chi connectivity index (χ0n) is 12.2. The number of nitrogens with zero attached hydrogens (tertiary/aromatic N) is 2. The van der Waals surface area contributed by atoms with Crippen LogP contribution in [-0.4, -0.2) is 15.1 Å². The molecule has 4 rings (SSSR count). The number of ether oxygens (including phenoxy) is 1. The number of halogens is 2. The smallest absolute Gasteiger partial charge is 0.157 e. The van der Waals surface area contributed by atoms with Gasteiger partial charge in [0.2, 0.25) is 0 Å². The van der Waals surface area contributed by atoms with Crippen LogP contribution in [0.25, 0.3) is 22.1 Å². The Hall–Kier alpha value is -2.18. The summed E-state index contributed by atoms with van der Waals surface area (Å²) >= 11 is 6.78. The number of hydrogen-bond donors (Lipinski definition) is 1. The summed E-state index contributed by atoms with van der Waals surface area (Å²) in [5.74, 6) is 1.51. The van der Waals surface area contributed by atoms with Crippen LogP contribution in [0.2, 0.25) is 0 Å². The summed E-state index contributed by atoms with van der Waals surface area (Å²) in [6, 6.07) is 16.8. The average molecular weight is 446 g/mol. The van der Waals surface area contributed by atoms with Gasteiger partial charge in [0.25, 0.3) is 0 Å². The van der Waals surface area contributed by atoms with Gasteiger partial charge < -0.3 is 9.84 Å². The molecule has 1 aromatic heterocycles. The first-order chi connectivity index (χ1) is 11.6. The minimum absolute atomic E-state index is 0.0761. The molecule has 0 radical (unpaired) electrons. The maximum Gasteiger partial charge on any atom is 0.157 e. The van der Waals surface area contributed by atoms with Crippen LogP contribution in [0, 0.1) is 0 Å². The molecule has 1 heterocycles. The van der Waals surface area contributed by atoms with Crippen LogP contribution in [0.15, 0.2) is 63.5 Å². The van der Waals surface area contributed by atoms with Gasteiger partial charge in [-0.3, -0.25) is 0 Å². The number of aromatic hydroxyl groups is 1. The van der Waals surface area contributed by atoms with Crippen molar-refractivity contribution in [3.05, 3.63) is 63.5 Å². The zero-order chi connectivity index (χ0) is 16.7. The van der Waals surface area contributed by atoms with Gasteiger partial charge in [0, 0.05) is 10.5 Å². The number of fused-ring (bicyclic) bond motifs is 2. The Kier molecular flexibility index (Phi) is 3.86. The van der Waals surface area contributed by atoms with Crippen LogP contribution in [-0.2, 0) is 0 Å². The van der Waals surface area contributed by atoms with Gasteiger partial charge in [0.05, 0.1) is 15.5 Å². The second-order valence-corrected chi connectivity index (χ2v) is 6.88. The Morgan fingerprint density at radius 1 is 0.750 bits per heavy atom. The number of aromatic nitrogens is 2. The summed E-state index contributed by atoms with van der Waals surface area (Å²) in [6.07, 6.45) is 0. The maximum atomic E-state index is 10.2. The lowest BCUT2D eigenvalue weighted by Gasteiger charge is -2.09. The maximum absolute atomic E-state index is 10.2. The van der Waals surface area contributed by atoms with Crippen LogP contribution >= 0.6 is 31.9 Å². The van der Waals surface area contributed by atoms with Gasteiger partial charge in [0.15, 0.2) is 5.75 Å². The molecule has 1 N–H and O–H groups in total. The summed E-state index contributed by atoms with van der Waals surface area (Å²) in [4.78, 5) is 9.13. The van der Waals surface area contributed by atoms with Crippen LogP contribution in [0.1, 0.15) is 0 Å². The Labute approximate surface area is 154 Å². The number of hydrogen-bond acceptors (Lipinski definition) is 4. The molecule has 6 heteroatoms. The quantitative estimate of drug-likeness (QED) is 0.396. The summed E-state index contributed by atoms with van der Waals surface area (Å²) in [5.41, 5.74) is 2.42. The Morgan fingerprint density at radius 3 is 2.29 bits per heavy atom. The Balaban J connectivity index is 1.86. The molecule has 0 spiro atoms. The van der Waals surface area contributed by atoms with Crippen LogP contribution in [0.3, 0.4) is 0 Å². The van der Waals surface area contributed by atoms with Gasteiger partial charge in [-0.2, -0.15) is 0 Å². The lowest BCUT2D eigenvalue weighted by Crippen LogP contribution is -1.91. The van der Waals surface area contributed by atoms with Crippen molar-refractivity contribution >= 4 is 53.9 Å². The van der Waals surface area contributed by atoms with Crippen molar-refractivity contribution in [2.45, 2.75) is 0 Å². The minimum atomic E-state index is 0.0761. The first-order valence-electron chi connectivity index (χ1n) is 7.13. The van der Waals surface area contributed by atoms with E-state index in [4.69, 9.17) is 4.74 Å². The molecule has 4 aromatic rings. The number of phenolic OH excluding ortho intramolecular Hbond substituents is 1. The average Bonchev–Trinajstić information content (AvgIpc) is 2.59. The lowest BCUT2D eigenvalue weighted by molar-refractivity contribution is 0.477. The summed E-state index contributed by atoms with van der Waals surface area (Å²) < 4.78 is 7.16. The van der Waals surface area contributed by atoms with Crippen LogP contribution in [0.5, 0.6) is 17.2 Å². The van der Waals surface area contributed by atoms with E-state index in [-0.39, 0.29) is 5.75 Å². The molecule has 3 aromatic carbocycles. The van der Waals surface area contributed by atoms with Gasteiger partial charge >= 0.3 is 0 Å². The van der Waals surface area contributed by atoms with Crippen molar-refractivity contribution in [2.75, 3.05) is 0 Å². The van der Waals surface area contributed by atoms with E-state index >= 15 is 0 Å². The molecule has 0 bridgehead atoms. The van der Waals surface area contributed by atoms with E-state index < -0.39 is 0 Å². The van der Waals surface area contributed by atoms with E-state index in [1.807, 2.05) is 48.5 Å². The molecule has 0 aliphatic carbocycles. The molecule has 0 unspecified atom stereocenters. The predicted octanol–water partition coefficient (Wildman–Crippen LogP) is 5.81. The molecular weight excluding hydrogens is 436 g/mol. The van der Waals surface area contributed by atoms with Crippen molar-refractivity contribution in [2.24, 2.45) is 0 Å². The first-order valence-corrected chi connectivity index (χ1v) is 8.72. The molecule has 0 atom stereocenters. The van der Waals surface area contributed by atoms with Gasteiger partial charge in [-0.05, 0) is 62.2 Å². The third-order valence-corrected chi connectivity index (χ3v) is 4.75.